The Morgan fingerprint density at radius 1 is 1.21 bits per heavy atom. The van der Waals surface area contributed by atoms with Crippen LogP contribution in [0.2, 0.25) is 0 Å². The zero-order valence-corrected chi connectivity index (χ0v) is 16.1. The van der Waals surface area contributed by atoms with Gasteiger partial charge in [0.25, 0.3) is 0 Å². The van der Waals surface area contributed by atoms with E-state index in [1.807, 2.05) is 24.3 Å². The maximum absolute atomic E-state index is 11.4. The largest absolute Gasteiger partial charge is 0.493 e. The van der Waals surface area contributed by atoms with Crippen molar-refractivity contribution in [2.24, 2.45) is 17.1 Å². The summed E-state index contributed by atoms with van der Waals surface area (Å²) in [5, 5.41) is 0. The van der Waals surface area contributed by atoms with Crippen molar-refractivity contribution in [1.29, 1.82) is 0 Å². The first-order valence-corrected chi connectivity index (χ1v) is 8.68. The Morgan fingerprint density at radius 2 is 1.79 bits per heavy atom. The summed E-state index contributed by atoms with van der Waals surface area (Å²) in [7, 11) is 0. The van der Waals surface area contributed by atoms with Gasteiger partial charge in [0.2, 0.25) is 5.91 Å². The number of carbonyl (C=O) groups excluding carboxylic acids is 1. The molecule has 0 aliphatic rings. The van der Waals surface area contributed by atoms with E-state index in [1.165, 1.54) is 0 Å². The normalized spacial score (nSPS) is 11.8. The molecule has 0 heterocycles. The number of hydrogen-bond acceptors (Lipinski definition) is 3. The SMILES string of the molecule is C[C](CN(CCC(C)C)c1ccc(OCC(C)(C)C)cc1)C(N)=O. The fourth-order valence-corrected chi connectivity index (χ4v) is 2.13. The molecule has 135 valence electrons. The average molecular weight is 333 g/mol. The molecule has 4 nitrogen and oxygen atoms in total. The van der Waals surface area contributed by atoms with Gasteiger partial charge >= 0.3 is 0 Å². The first-order valence-electron chi connectivity index (χ1n) is 8.68. The summed E-state index contributed by atoms with van der Waals surface area (Å²) in [5.74, 6) is 1.81. The molecule has 2 N–H and O–H groups in total. The van der Waals surface area contributed by atoms with Crippen molar-refractivity contribution in [2.45, 2.75) is 48.0 Å². The number of carbonyl (C=O) groups is 1. The number of benzene rings is 1. The number of nitrogens with two attached hydrogens (primary N) is 1. The van der Waals surface area contributed by atoms with Gasteiger partial charge in [-0.3, -0.25) is 4.79 Å². The molecule has 0 fully saturated rings. The highest BCUT2D eigenvalue weighted by atomic mass is 16.5. The molecule has 1 amide bonds. The molecule has 0 unspecified atom stereocenters. The second kappa shape index (κ2) is 8.95. The summed E-state index contributed by atoms with van der Waals surface area (Å²) < 4.78 is 5.82. The van der Waals surface area contributed by atoms with Crippen LogP contribution in [0.5, 0.6) is 5.75 Å². The van der Waals surface area contributed by atoms with Gasteiger partial charge in [0.15, 0.2) is 0 Å². The van der Waals surface area contributed by atoms with Crippen molar-refractivity contribution in [3.05, 3.63) is 30.2 Å². The van der Waals surface area contributed by atoms with Crippen molar-refractivity contribution in [1.82, 2.24) is 0 Å². The summed E-state index contributed by atoms with van der Waals surface area (Å²) in [5.41, 5.74) is 6.62. The first-order chi connectivity index (χ1) is 11.1. The first kappa shape index (κ1) is 20.3. The van der Waals surface area contributed by atoms with Crippen molar-refractivity contribution in [3.8, 4) is 5.75 Å². The van der Waals surface area contributed by atoms with Crippen LogP contribution in [0.1, 0.15) is 48.0 Å². The van der Waals surface area contributed by atoms with Crippen LogP contribution >= 0.6 is 0 Å². The highest BCUT2D eigenvalue weighted by Crippen LogP contribution is 2.23. The fourth-order valence-electron chi connectivity index (χ4n) is 2.13. The van der Waals surface area contributed by atoms with E-state index in [0.717, 1.165) is 24.4 Å². The van der Waals surface area contributed by atoms with Crippen LogP contribution in [0.15, 0.2) is 24.3 Å². The average Bonchev–Trinajstić information content (AvgIpc) is 2.48. The Bertz CT molecular complexity index is 503. The minimum atomic E-state index is -0.338. The predicted molar refractivity (Wildman–Crippen MR) is 101 cm³/mol. The molecule has 1 aromatic rings. The number of ether oxygens (including phenoxy) is 1. The van der Waals surface area contributed by atoms with Crippen molar-refractivity contribution in [2.75, 3.05) is 24.6 Å². The molecule has 4 heteroatoms. The van der Waals surface area contributed by atoms with E-state index >= 15 is 0 Å². The Morgan fingerprint density at radius 3 is 2.25 bits per heavy atom. The lowest BCUT2D eigenvalue weighted by atomic mass is 9.99. The van der Waals surface area contributed by atoms with E-state index in [1.54, 1.807) is 6.92 Å². The Balaban J connectivity index is 2.79. The Labute approximate surface area is 147 Å². The van der Waals surface area contributed by atoms with Gasteiger partial charge in [-0.05, 0) is 48.9 Å². The molecule has 0 saturated carbocycles. The van der Waals surface area contributed by atoms with Crippen LogP contribution in [0, 0.1) is 17.3 Å². The van der Waals surface area contributed by atoms with Gasteiger partial charge in [0, 0.05) is 18.8 Å². The van der Waals surface area contributed by atoms with Crippen molar-refractivity contribution in [3.63, 3.8) is 0 Å². The molecule has 0 atom stereocenters. The molecule has 0 spiro atoms. The van der Waals surface area contributed by atoms with Gasteiger partial charge in [-0.25, -0.2) is 0 Å². The van der Waals surface area contributed by atoms with Gasteiger partial charge in [0.1, 0.15) is 5.75 Å². The van der Waals surface area contributed by atoms with E-state index in [9.17, 15) is 4.79 Å². The maximum Gasteiger partial charge on any atom is 0.226 e. The van der Waals surface area contributed by atoms with Gasteiger partial charge in [-0.2, -0.15) is 0 Å². The lowest BCUT2D eigenvalue weighted by molar-refractivity contribution is -0.116. The molecule has 0 aliphatic carbocycles. The molecule has 0 aliphatic heterocycles. The third kappa shape index (κ3) is 7.71. The lowest BCUT2D eigenvalue weighted by Gasteiger charge is -2.28. The van der Waals surface area contributed by atoms with Gasteiger partial charge in [0.05, 0.1) is 12.5 Å². The maximum atomic E-state index is 11.4. The zero-order valence-electron chi connectivity index (χ0n) is 16.1. The van der Waals surface area contributed by atoms with Crippen molar-refractivity contribution >= 4 is 11.6 Å². The monoisotopic (exact) mass is 333 g/mol. The molecule has 0 aromatic heterocycles. The molecule has 1 radical (unpaired) electrons. The smallest absolute Gasteiger partial charge is 0.226 e. The van der Waals surface area contributed by atoms with E-state index < -0.39 is 0 Å². The summed E-state index contributed by atoms with van der Waals surface area (Å²) in [4.78, 5) is 13.6. The van der Waals surface area contributed by atoms with Gasteiger partial charge in [-0.1, -0.05) is 34.6 Å². The van der Waals surface area contributed by atoms with Gasteiger partial charge in [-0.15, -0.1) is 0 Å². The quantitative estimate of drug-likeness (QED) is 0.742. The molecule has 0 saturated heterocycles. The molecule has 24 heavy (non-hydrogen) atoms. The van der Waals surface area contributed by atoms with Crippen LogP contribution in [-0.2, 0) is 4.79 Å². The second-order valence-corrected chi connectivity index (χ2v) is 8.09. The number of nitrogens with zero attached hydrogens (tertiary/aromatic N) is 1. The molecule has 0 bridgehead atoms. The van der Waals surface area contributed by atoms with E-state index in [4.69, 9.17) is 10.5 Å². The van der Waals surface area contributed by atoms with Crippen LogP contribution in [0.3, 0.4) is 0 Å². The summed E-state index contributed by atoms with van der Waals surface area (Å²) in [6.45, 7) is 14.8. The van der Waals surface area contributed by atoms with E-state index in [-0.39, 0.29) is 11.3 Å². The summed E-state index contributed by atoms with van der Waals surface area (Å²) in [6, 6.07) is 8.07. The highest BCUT2D eigenvalue weighted by Gasteiger charge is 2.17. The third-order valence-electron chi connectivity index (χ3n) is 3.70. The van der Waals surface area contributed by atoms with Crippen LogP contribution in [0.4, 0.5) is 5.69 Å². The molecule has 1 rings (SSSR count). The van der Waals surface area contributed by atoms with E-state index in [0.29, 0.717) is 25.0 Å². The van der Waals surface area contributed by atoms with E-state index in [2.05, 4.69) is 39.5 Å². The third-order valence-corrected chi connectivity index (χ3v) is 3.70. The van der Waals surface area contributed by atoms with Crippen LogP contribution in [-0.4, -0.2) is 25.6 Å². The minimum absolute atomic E-state index is 0.134. The lowest BCUT2D eigenvalue weighted by Crippen LogP contribution is -2.34. The molecule has 1 aromatic carbocycles. The number of amides is 1. The summed E-state index contributed by atoms with van der Waals surface area (Å²) >= 11 is 0. The summed E-state index contributed by atoms with van der Waals surface area (Å²) in [6.07, 6.45) is 1.06. The zero-order chi connectivity index (χ0) is 18.3. The number of primary amides is 1. The fraction of sp³-hybridized carbons (Fsp3) is 0.600. The number of rotatable bonds is 9. The van der Waals surface area contributed by atoms with Crippen LogP contribution in [0.25, 0.3) is 0 Å². The van der Waals surface area contributed by atoms with Crippen molar-refractivity contribution < 1.29 is 9.53 Å². The molecular formula is C20H33N2O2. The number of anilines is 1. The standard InChI is InChI=1S/C20H33N2O2/c1-15(2)11-12-22(13-16(3)19(21)23)17-7-9-18(10-8-17)24-14-20(4,5)6/h7-10,15H,11-14H2,1-6H3,(H2,21,23). The Kier molecular flexibility index (Phi) is 7.59. The molecular weight excluding hydrogens is 300 g/mol. The predicted octanol–water partition coefficient (Wildman–Crippen LogP) is 4.04. The minimum Gasteiger partial charge on any atom is -0.493 e. The van der Waals surface area contributed by atoms with Crippen LogP contribution < -0.4 is 15.4 Å². The van der Waals surface area contributed by atoms with Gasteiger partial charge < -0.3 is 15.4 Å². The highest BCUT2D eigenvalue weighted by molar-refractivity contribution is 5.88. The topological polar surface area (TPSA) is 55.6 Å². The second-order valence-electron chi connectivity index (χ2n) is 8.09. The Hall–Kier alpha value is -1.71. The number of hydrogen-bond donors (Lipinski definition) is 1.